The van der Waals surface area contributed by atoms with E-state index in [4.69, 9.17) is 0 Å². The second kappa shape index (κ2) is 4.59. The van der Waals surface area contributed by atoms with E-state index in [0.717, 1.165) is 38.0 Å². The maximum absolute atomic E-state index is 11.6. The van der Waals surface area contributed by atoms with Gasteiger partial charge in [-0.05, 0) is 31.6 Å². The van der Waals surface area contributed by atoms with Crippen molar-refractivity contribution in [3.63, 3.8) is 0 Å². The van der Waals surface area contributed by atoms with E-state index in [1.165, 1.54) is 5.57 Å². The summed E-state index contributed by atoms with van der Waals surface area (Å²) < 4.78 is 0. The van der Waals surface area contributed by atoms with Crippen molar-refractivity contribution in [2.45, 2.75) is 46.0 Å². The van der Waals surface area contributed by atoms with E-state index >= 15 is 0 Å². The van der Waals surface area contributed by atoms with Gasteiger partial charge in [0.25, 0.3) is 0 Å². The molecule has 0 amide bonds. The summed E-state index contributed by atoms with van der Waals surface area (Å²) in [6.45, 7) is 8.33. The minimum atomic E-state index is 0.288. The average molecular weight is 180 g/mol. The predicted molar refractivity (Wildman–Crippen MR) is 55.6 cm³/mol. The van der Waals surface area contributed by atoms with Crippen molar-refractivity contribution in [3.8, 4) is 0 Å². The smallest absolute Gasteiger partial charge is 0.136 e. The topological polar surface area (TPSA) is 17.1 Å². The van der Waals surface area contributed by atoms with E-state index in [-0.39, 0.29) is 5.92 Å². The maximum Gasteiger partial charge on any atom is 0.136 e. The number of ketones is 1. The quantitative estimate of drug-likeness (QED) is 0.609. The van der Waals surface area contributed by atoms with Crippen LogP contribution in [0.2, 0.25) is 0 Å². The Morgan fingerprint density at radius 3 is 2.92 bits per heavy atom. The highest BCUT2D eigenvalue weighted by Gasteiger charge is 2.26. The highest BCUT2D eigenvalue weighted by atomic mass is 16.1. The first-order chi connectivity index (χ1) is 6.13. The van der Waals surface area contributed by atoms with Crippen LogP contribution in [0, 0.1) is 11.8 Å². The molecule has 0 aliphatic heterocycles. The average Bonchev–Trinajstić information content (AvgIpc) is 2.11. The van der Waals surface area contributed by atoms with Gasteiger partial charge in [0.2, 0.25) is 0 Å². The minimum absolute atomic E-state index is 0.288. The molecule has 1 aliphatic carbocycles. The van der Waals surface area contributed by atoms with Crippen molar-refractivity contribution < 1.29 is 4.79 Å². The second-order valence-corrected chi connectivity index (χ2v) is 4.35. The van der Waals surface area contributed by atoms with Crippen molar-refractivity contribution in [1.82, 2.24) is 0 Å². The van der Waals surface area contributed by atoms with Crippen LogP contribution in [0.3, 0.4) is 0 Å². The van der Waals surface area contributed by atoms with Gasteiger partial charge < -0.3 is 0 Å². The molecule has 2 unspecified atom stereocenters. The van der Waals surface area contributed by atoms with Crippen LogP contribution in [0.25, 0.3) is 0 Å². The van der Waals surface area contributed by atoms with E-state index in [0.29, 0.717) is 5.78 Å². The first-order valence-electron chi connectivity index (χ1n) is 5.32. The summed E-state index contributed by atoms with van der Waals surface area (Å²) >= 11 is 0. The molecule has 0 heterocycles. The molecule has 0 saturated heterocycles. The van der Waals surface area contributed by atoms with Gasteiger partial charge in [0.1, 0.15) is 5.78 Å². The zero-order valence-corrected chi connectivity index (χ0v) is 8.81. The molecule has 0 aromatic heterocycles. The molecule has 0 aromatic rings. The van der Waals surface area contributed by atoms with Crippen LogP contribution in [0.5, 0.6) is 0 Å². The largest absolute Gasteiger partial charge is 0.299 e. The fourth-order valence-electron chi connectivity index (χ4n) is 2.02. The van der Waals surface area contributed by atoms with Crippen molar-refractivity contribution in [2.75, 3.05) is 0 Å². The third kappa shape index (κ3) is 2.98. The molecule has 74 valence electrons. The van der Waals surface area contributed by atoms with E-state index in [9.17, 15) is 4.79 Å². The van der Waals surface area contributed by atoms with Crippen molar-refractivity contribution >= 4 is 5.78 Å². The normalized spacial score (nSPS) is 28.9. The van der Waals surface area contributed by atoms with Crippen LogP contribution in [0.1, 0.15) is 46.0 Å². The number of carbonyl (C=O) groups excluding carboxylic acids is 1. The number of rotatable bonds is 3. The standard InChI is InChI=1S/C12H20O/c1-4-9(2)7-11-8-10(3)5-6-12(11)13/h10-11H,2,4-8H2,1,3H3. The molecule has 0 aromatic carbocycles. The van der Waals surface area contributed by atoms with Gasteiger partial charge in [0.15, 0.2) is 0 Å². The lowest BCUT2D eigenvalue weighted by Gasteiger charge is -2.25. The number of Topliss-reactive ketones (excluding diaryl/α,β-unsaturated/α-hetero) is 1. The molecule has 1 aliphatic rings. The fourth-order valence-corrected chi connectivity index (χ4v) is 2.02. The first kappa shape index (κ1) is 10.5. The van der Waals surface area contributed by atoms with Gasteiger partial charge in [-0.3, -0.25) is 4.79 Å². The Kier molecular flexibility index (Phi) is 3.71. The van der Waals surface area contributed by atoms with E-state index in [2.05, 4.69) is 20.4 Å². The third-order valence-corrected chi connectivity index (χ3v) is 3.06. The van der Waals surface area contributed by atoms with Crippen LogP contribution in [0.15, 0.2) is 12.2 Å². The maximum atomic E-state index is 11.6. The lowest BCUT2D eigenvalue weighted by atomic mass is 9.78. The Morgan fingerprint density at radius 1 is 1.62 bits per heavy atom. The van der Waals surface area contributed by atoms with E-state index in [1.807, 2.05) is 0 Å². The Bertz CT molecular complexity index is 205. The Hall–Kier alpha value is -0.590. The van der Waals surface area contributed by atoms with Gasteiger partial charge in [0.05, 0.1) is 0 Å². The molecule has 1 rings (SSSR count). The number of allylic oxidation sites excluding steroid dienone is 1. The molecule has 13 heavy (non-hydrogen) atoms. The summed E-state index contributed by atoms with van der Waals surface area (Å²) in [5.74, 6) is 1.48. The summed E-state index contributed by atoms with van der Waals surface area (Å²) in [6.07, 6.45) is 4.91. The first-order valence-corrected chi connectivity index (χ1v) is 5.32. The van der Waals surface area contributed by atoms with Crippen LogP contribution in [0.4, 0.5) is 0 Å². The van der Waals surface area contributed by atoms with Crippen molar-refractivity contribution in [2.24, 2.45) is 11.8 Å². The Morgan fingerprint density at radius 2 is 2.31 bits per heavy atom. The molecule has 0 spiro atoms. The zero-order chi connectivity index (χ0) is 9.84. The number of carbonyl (C=O) groups is 1. The summed E-state index contributed by atoms with van der Waals surface area (Å²) in [4.78, 5) is 11.6. The van der Waals surface area contributed by atoms with Crippen LogP contribution >= 0.6 is 0 Å². The Balaban J connectivity index is 2.46. The zero-order valence-electron chi connectivity index (χ0n) is 8.81. The molecule has 2 atom stereocenters. The Labute approximate surface area is 81.2 Å². The highest BCUT2D eigenvalue weighted by Crippen LogP contribution is 2.30. The molecular formula is C12H20O. The highest BCUT2D eigenvalue weighted by molar-refractivity contribution is 5.81. The van der Waals surface area contributed by atoms with Gasteiger partial charge in [-0.15, -0.1) is 0 Å². The van der Waals surface area contributed by atoms with Gasteiger partial charge in [-0.2, -0.15) is 0 Å². The van der Waals surface area contributed by atoms with Crippen LogP contribution in [-0.2, 0) is 4.79 Å². The lowest BCUT2D eigenvalue weighted by Crippen LogP contribution is -2.23. The fraction of sp³-hybridized carbons (Fsp3) is 0.750. The summed E-state index contributed by atoms with van der Waals surface area (Å²) in [7, 11) is 0. The summed E-state index contributed by atoms with van der Waals surface area (Å²) in [5, 5.41) is 0. The van der Waals surface area contributed by atoms with Crippen molar-refractivity contribution in [3.05, 3.63) is 12.2 Å². The lowest BCUT2D eigenvalue weighted by molar-refractivity contribution is -0.125. The minimum Gasteiger partial charge on any atom is -0.299 e. The molecule has 1 fully saturated rings. The molecule has 1 saturated carbocycles. The third-order valence-electron chi connectivity index (χ3n) is 3.06. The molecule has 1 heteroatoms. The van der Waals surface area contributed by atoms with Gasteiger partial charge in [-0.25, -0.2) is 0 Å². The summed E-state index contributed by atoms with van der Waals surface area (Å²) in [5.41, 5.74) is 1.23. The van der Waals surface area contributed by atoms with Crippen LogP contribution in [-0.4, -0.2) is 5.78 Å². The monoisotopic (exact) mass is 180 g/mol. The molecule has 0 N–H and O–H groups in total. The second-order valence-electron chi connectivity index (χ2n) is 4.35. The molecule has 0 radical (unpaired) electrons. The molecular weight excluding hydrogens is 160 g/mol. The van der Waals surface area contributed by atoms with Crippen LogP contribution < -0.4 is 0 Å². The SMILES string of the molecule is C=C(CC)CC1CC(C)CCC1=O. The van der Waals surface area contributed by atoms with Gasteiger partial charge in [0, 0.05) is 12.3 Å². The van der Waals surface area contributed by atoms with Gasteiger partial charge in [-0.1, -0.05) is 26.0 Å². The van der Waals surface area contributed by atoms with E-state index in [1.54, 1.807) is 0 Å². The van der Waals surface area contributed by atoms with E-state index < -0.39 is 0 Å². The predicted octanol–water partition coefficient (Wildman–Crippen LogP) is 3.35. The van der Waals surface area contributed by atoms with Gasteiger partial charge >= 0.3 is 0 Å². The molecule has 0 bridgehead atoms. The molecule has 1 nitrogen and oxygen atoms in total. The van der Waals surface area contributed by atoms with Crippen molar-refractivity contribution in [1.29, 1.82) is 0 Å². The number of hydrogen-bond donors (Lipinski definition) is 0. The number of hydrogen-bond acceptors (Lipinski definition) is 1. The summed E-state index contributed by atoms with van der Waals surface area (Å²) in [6, 6.07) is 0.